The molecule has 2 atom stereocenters. The topological polar surface area (TPSA) is 168 Å². The number of aromatic nitrogens is 12. The predicted molar refractivity (Wildman–Crippen MR) is 495 cm³/mol. The average Bonchev–Trinajstić information content (AvgIpc) is 1.62. The first-order valence-electron chi connectivity index (χ1n) is 39.7. The number of furan rings is 1. The maximum absolute atomic E-state index is 6.37. The van der Waals surface area contributed by atoms with Crippen molar-refractivity contribution in [2.45, 2.75) is 25.2 Å². The Morgan fingerprint density at radius 3 is 1.15 bits per heavy atom. The highest BCUT2D eigenvalue weighted by molar-refractivity contribution is 6.30. The van der Waals surface area contributed by atoms with E-state index >= 15 is 0 Å². The van der Waals surface area contributed by atoms with Gasteiger partial charge in [0.2, 0.25) is 15.9 Å². The van der Waals surface area contributed by atoms with Crippen molar-refractivity contribution in [1.82, 2.24) is 59.8 Å². The number of hydrogen-bond donors (Lipinski definition) is 0. The monoisotopic (exact) mass is 1660 g/mol. The van der Waals surface area contributed by atoms with Gasteiger partial charge in [-0.05, 0) is 149 Å². The van der Waals surface area contributed by atoms with E-state index in [1.807, 2.05) is 219 Å². The maximum Gasteiger partial charge on any atom is 0.226 e. The van der Waals surface area contributed by atoms with Crippen LogP contribution in [0.4, 0.5) is 0 Å². The summed E-state index contributed by atoms with van der Waals surface area (Å²) in [5.41, 5.74) is 25.7. The minimum Gasteiger partial charge on any atom is -0.456 e. The molecule has 19 aromatic rings. The summed E-state index contributed by atoms with van der Waals surface area (Å²) in [6.45, 7) is 4.66. The van der Waals surface area contributed by atoms with Crippen LogP contribution in [0.25, 0.3) is 168 Å². The molecule has 0 saturated carbocycles. The zero-order valence-electron chi connectivity index (χ0n) is 65.9. The lowest BCUT2D eigenvalue weighted by Crippen LogP contribution is -2.24. The van der Waals surface area contributed by atoms with Crippen LogP contribution in [0, 0.1) is 5.92 Å². The number of rotatable bonds is 13. The summed E-state index contributed by atoms with van der Waals surface area (Å²) in [6.07, 6.45) is 16.2. The lowest BCUT2D eigenvalue weighted by Gasteiger charge is -2.29. The SMILES string of the molecule is CC1(C)c2ccc(-c3nc(Cl)nc(-c4ccc(-c5ccccc5)cc4)n3)cc2C2C=CC=CC21.Clc1cc(-c2ccc(-c3ccccc3)cc2)nc(-c2ccc(-c3ccccc3)cc2)n1.Clc1nc(-c2ccc(-c3cccnc3)cc2)cc(-c2ccc(-c3cccnc3)cc2)n1.Clc1nc(-c2ccccc2)nc(-c2cccc3oc4ccccc4c23)n1. The van der Waals surface area contributed by atoms with Crippen molar-refractivity contribution < 1.29 is 4.42 Å². The van der Waals surface area contributed by atoms with Gasteiger partial charge < -0.3 is 4.42 Å². The van der Waals surface area contributed by atoms with Gasteiger partial charge in [-0.25, -0.2) is 29.9 Å². The molecule has 0 N–H and O–H groups in total. The Labute approximate surface area is 725 Å². The molecule has 0 radical (unpaired) electrons. The highest BCUT2D eigenvalue weighted by atomic mass is 35.5. The van der Waals surface area contributed by atoms with E-state index in [4.69, 9.17) is 60.8 Å². The van der Waals surface area contributed by atoms with E-state index in [0.717, 1.165) is 117 Å². The number of benzene rings is 12. The summed E-state index contributed by atoms with van der Waals surface area (Å²) in [6, 6.07) is 114. The van der Waals surface area contributed by atoms with Crippen molar-refractivity contribution in [3.63, 3.8) is 0 Å². The summed E-state index contributed by atoms with van der Waals surface area (Å²) in [7, 11) is 0. The average molecular weight is 1660 g/mol. The minimum atomic E-state index is 0.0855. The molecule has 7 aromatic heterocycles. The van der Waals surface area contributed by atoms with E-state index in [2.05, 4.69) is 215 Å². The largest absolute Gasteiger partial charge is 0.456 e. The molecular weight excluding hydrogens is 1590 g/mol. The Balaban J connectivity index is 0.000000112. The molecule has 13 nitrogen and oxygen atoms in total. The predicted octanol–water partition coefficient (Wildman–Crippen LogP) is 27.8. The van der Waals surface area contributed by atoms with Gasteiger partial charge in [-0.1, -0.05) is 347 Å². The van der Waals surface area contributed by atoms with Crippen molar-refractivity contribution in [3.8, 4) is 146 Å². The number of pyridine rings is 2. The van der Waals surface area contributed by atoms with Crippen LogP contribution in [-0.2, 0) is 5.41 Å². The molecule has 0 bridgehead atoms. The van der Waals surface area contributed by atoms with Crippen molar-refractivity contribution in [2.75, 3.05) is 0 Å². The van der Waals surface area contributed by atoms with Crippen LogP contribution < -0.4 is 0 Å². The third-order valence-corrected chi connectivity index (χ3v) is 22.5. The molecular formula is C105H72Cl4N12O. The molecule has 0 aliphatic heterocycles. The number of nitrogens with zero attached hydrogens (tertiary/aromatic N) is 12. The zero-order valence-corrected chi connectivity index (χ0v) is 68.9. The molecule has 21 rings (SSSR count). The first-order chi connectivity index (χ1) is 59.8. The normalized spacial score (nSPS) is 13.3. The van der Waals surface area contributed by atoms with E-state index in [1.54, 1.807) is 18.5 Å². The second-order valence-corrected chi connectivity index (χ2v) is 31.2. The third-order valence-electron chi connectivity index (χ3n) is 21.8. The summed E-state index contributed by atoms with van der Waals surface area (Å²) in [4.78, 5) is 53.5. The summed E-state index contributed by atoms with van der Waals surface area (Å²) in [5.74, 6) is 3.71. The van der Waals surface area contributed by atoms with Crippen LogP contribution in [0.3, 0.4) is 0 Å². The van der Waals surface area contributed by atoms with E-state index in [-0.39, 0.29) is 21.3 Å². The third kappa shape index (κ3) is 17.5. The van der Waals surface area contributed by atoms with Crippen LogP contribution in [-0.4, -0.2) is 59.8 Å². The fourth-order valence-corrected chi connectivity index (χ4v) is 16.3. The van der Waals surface area contributed by atoms with Crippen LogP contribution >= 0.6 is 46.4 Å². The summed E-state index contributed by atoms with van der Waals surface area (Å²) >= 11 is 25.2. The number of hydrogen-bond acceptors (Lipinski definition) is 13. The Kier molecular flexibility index (Phi) is 23.0. The lowest BCUT2D eigenvalue weighted by molar-refractivity contribution is 0.394. The second-order valence-electron chi connectivity index (χ2n) is 29.8. The Hall–Kier alpha value is -14.4. The first kappa shape index (κ1) is 78.7. The van der Waals surface area contributed by atoms with Gasteiger partial charge in [-0.15, -0.1) is 0 Å². The fourth-order valence-electron chi connectivity index (χ4n) is 15.6. The van der Waals surface area contributed by atoms with Gasteiger partial charge in [0.15, 0.2) is 29.1 Å². The molecule has 0 fully saturated rings. The Morgan fingerprint density at radius 1 is 0.279 bits per heavy atom. The molecule has 122 heavy (non-hydrogen) atoms. The van der Waals surface area contributed by atoms with Crippen LogP contribution in [0.1, 0.15) is 30.9 Å². The van der Waals surface area contributed by atoms with Crippen LogP contribution in [0.15, 0.2) is 393 Å². The van der Waals surface area contributed by atoms with Gasteiger partial charge in [0.25, 0.3) is 0 Å². The summed E-state index contributed by atoms with van der Waals surface area (Å²) < 4.78 is 5.96. The molecule has 2 aliphatic rings. The Morgan fingerprint density at radius 2 is 0.648 bits per heavy atom. The van der Waals surface area contributed by atoms with Crippen molar-refractivity contribution in [3.05, 3.63) is 421 Å². The molecule has 7 heterocycles. The molecule has 0 amide bonds. The van der Waals surface area contributed by atoms with Crippen LogP contribution in [0.2, 0.25) is 21.0 Å². The quantitative estimate of drug-likeness (QED) is 0.0791. The van der Waals surface area contributed by atoms with Gasteiger partial charge in [0.1, 0.15) is 16.3 Å². The summed E-state index contributed by atoms with van der Waals surface area (Å²) in [5, 5.41) is 3.02. The fraction of sp³-hybridized carbons (Fsp3) is 0.0476. The molecule has 0 saturated heterocycles. The van der Waals surface area contributed by atoms with Gasteiger partial charge in [-0.2, -0.15) is 19.9 Å². The number of para-hydroxylation sites is 1. The van der Waals surface area contributed by atoms with E-state index in [0.29, 0.717) is 46.1 Å². The molecule has 12 aromatic carbocycles. The van der Waals surface area contributed by atoms with Gasteiger partial charge in [0.05, 0.1) is 17.1 Å². The van der Waals surface area contributed by atoms with E-state index in [1.165, 1.54) is 33.4 Å². The number of allylic oxidation sites excluding steroid dienone is 4. The van der Waals surface area contributed by atoms with Crippen molar-refractivity contribution in [2.24, 2.45) is 5.92 Å². The van der Waals surface area contributed by atoms with Crippen LogP contribution in [0.5, 0.6) is 0 Å². The highest BCUT2D eigenvalue weighted by Gasteiger charge is 2.44. The highest BCUT2D eigenvalue weighted by Crippen LogP contribution is 2.53. The standard InChI is InChI=1S/C30H24ClN3.C28H19ClN2.C26H17ClN4.C21H12ClN3O/c1-30(2)25-11-7-6-10-23(25)24-18-22(16-17-26(24)30)28-32-27(33-29(31)34-28)21-14-12-20(13-15-21)19-8-4-3-5-9-19;29-27-19-26(24-15-11-22(12-16-24)20-7-3-1-4-8-20)30-28(31-27)25-17-13-23(14-18-25)21-9-5-2-6-10-21;27-26-30-24(20-9-5-18(6-10-20)22-3-1-13-28-16-22)15-25(31-26)21-11-7-19(8-12-21)23-4-2-14-29-17-23;22-21-24-19(13-7-2-1-3-8-13)23-20(25-21)15-10-6-12-17-18(15)14-9-4-5-11-16(14)26-17/h3-18,23,25H,1-2H3;1-19H;1-17H;1-12H. The van der Waals surface area contributed by atoms with Gasteiger partial charge in [0, 0.05) is 92.1 Å². The second kappa shape index (κ2) is 35.6. The van der Waals surface area contributed by atoms with Crippen molar-refractivity contribution in [1.29, 1.82) is 0 Å². The molecule has 2 aliphatic carbocycles. The molecule has 2 unspecified atom stereocenters. The van der Waals surface area contributed by atoms with Gasteiger partial charge in [-0.3, -0.25) is 9.97 Å². The molecule has 586 valence electrons. The molecule has 0 spiro atoms. The van der Waals surface area contributed by atoms with Gasteiger partial charge >= 0.3 is 0 Å². The first-order valence-corrected chi connectivity index (χ1v) is 41.2. The zero-order chi connectivity index (χ0) is 82.9. The number of fused-ring (bicyclic) bond motifs is 6. The van der Waals surface area contributed by atoms with E-state index in [9.17, 15) is 0 Å². The minimum absolute atomic E-state index is 0.0855. The van der Waals surface area contributed by atoms with E-state index < -0.39 is 0 Å². The maximum atomic E-state index is 6.37. The lowest BCUT2D eigenvalue weighted by atomic mass is 9.74. The number of halogens is 4. The molecule has 17 heteroatoms. The smallest absolute Gasteiger partial charge is 0.226 e. The Bertz CT molecular complexity index is 6560. The van der Waals surface area contributed by atoms with Crippen molar-refractivity contribution >= 4 is 68.3 Å².